The predicted molar refractivity (Wildman–Crippen MR) is 64.1 cm³/mol. The number of hydrogen-bond acceptors (Lipinski definition) is 4. The fourth-order valence-electron chi connectivity index (χ4n) is 2.08. The molecule has 20 heavy (non-hydrogen) atoms. The predicted octanol–water partition coefficient (Wildman–Crippen LogP) is 2.39. The van der Waals surface area contributed by atoms with Gasteiger partial charge in [-0.2, -0.15) is 8.78 Å². The third-order valence-electron chi connectivity index (χ3n) is 3.22. The van der Waals surface area contributed by atoms with Crippen LogP contribution in [0.2, 0.25) is 0 Å². The lowest BCUT2D eigenvalue weighted by molar-refractivity contribution is -0.387. The van der Waals surface area contributed by atoms with E-state index in [0.717, 1.165) is 25.9 Å². The van der Waals surface area contributed by atoms with Crippen LogP contribution in [-0.2, 0) is 0 Å². The fourth-order valence-corrected chi connectivity index (χ4v) is 2.08. The van der Waals surface area contributed by atoms with Gasteiger partial charge in [-0.15, -0.1) is 0 Å². The highest BCUT2D eigenvalue weighted by Crippen LogP contribution is 2.32. The van der Waals surface area contributed by atoms with E-state index < -0.39 is 33.8 Å². The van der Waals surface area contributed by atoms with Crippen molar-refractivity contribution in [3.05, 3.63) is 33.6 Å². The minimum atomic E-state index is -1.54. The van der Waals surface area contributed by atoms with Gasteiger partial charge in [0.25, 0.3) is 0 Å². The van der Waals surface area contributed by atoms with Crippen LogP contribution in [0.1, 0.15) is 12.8 Å². The van der Waals surface area contributed by atoms with Crippen LogP contribution in [0.3, 0.4) is 0 Å². The maximum Gasteiger partial charge on any atom is 0.311 e. The van der Waals surface area contributed by atoms with E-state index in [0.29, 0.717) is 0 Å². The van der Waals surface area contributed by atoms with E-state index in [-0.39, 0.29) is 18.6 Å². The Balaban J connectivity index is 2.19. The molecule has 1 fully saturated rings. The molecule has 0 aliphatic carbocycles. The number of ether oxygens (including phenoxy) is 1. The Hall–Kier alpha value is -1.83. The number of nitro benzene ring substituents is 1. The van der Waals surface area contributed by atoms with E-state index in [1.807, 2.05) is 0 Å². The van der Waals surface area contributed by atoms with Crippen LogP contribution in [-0.4, -0.2) is 24.6 Å². The molecule has 0 spiro atoms. The number of halogens is 3. The molecule has 0 bridgehead atoms. The van der Waals surface area contributed by atoms with Gasteiger partial charge in [-0.25, -0.2) is 4.39 Å². The molecule has 1 aromatic carbocycles. The van der Waals surface area contributed by atoms with Crippen molar-refractivity contribution in [2.45, 2.75) is 12.8 Å². The number of benzene rings is 1. The van der Waals surface area contributed by atoms with Gasteiger partial charge in [-0.05, 0) is 31.8 Å². The van der Waals surface area contributed by atoms with Gasteiger partial charge >= 0.3 is 5.69 Å². The Morgan fingerprint density at radius 3 is 2.55 bits per heavy atom. The molecule has 0 saturated carbocycles. The molecule has 0 atom stereocenters. The quantitative estimate of drug-likeness (QED) is 0.525. The van der Waals surface area contributed by atoms with Crippen molar-refractivity contribution < 1.29 is 22.8 Å². The first-order valence-corrected chi connectivity index (χ1v) is 6.16. The first-order chi connectivity index (χ1) is 9.50. The second-order valence-corrected chi connectivity index (χ2v) is 4.60. The number of nitrogens with one attached hydrogen (secondary N) is 1. The second kappa shape index (κ2) is 6.08. The Kier molecular flexibility index (Phi) is 4.43. The summed E-state index contributed by atoms with van der Waals surface area (Å²) in [6.07, 6.45) is 1.53. The van der Waals surface area contributed by atoms with Crippen molar-refractivity contribution in [1.82, 2.24) is 5.32 Å². The Bertz CT molecular complexity index is 519. The lowest BCUT2D eigenvalue weighted by Gasteiger charge is -2.22. The van der Waals surface area contributed by atoms with E-state index in [4.69, 9.17) is 4.74 Å². The van der Waals surface area contributed by atoms with Crippen LogP contribution < -0.4 is 10.1 Å². The summed E-state index contributed by atoms with van der Waals surface area (Å²) in [4.78, 5) is 9.44. The smallest absolute Gasteiger partial charge is 0.311 e. The van der Waals surface area contributed by atoms with E-state index in [9.17, 15) is 23.3 Å². The fraction of sp³-hybridized carbons (Fsp3) is 0.500. The van der Waals surface area contributed by atoms with E-state index >= 15 is 0 Å². The number of piperidine rings is 1. The van der Waals surface area contributed by atoms with Crippen molar-refractivity contribution in [1.29, 1.82) is 0 Å². The summed E-state index contributed by atoms with van der Waals surface area (Å²) in [5.74, 6) is -5.46. The molecular formula is C12H13F3N2O3. The molecule has 0 amide bonds. The van der Waals surface area contributed by atoms with Gasteiger partial charge in [0, 0.05) is 0 Å². The molecule has 1 aliphatic rings. The number of nitrogens with zero attached hydrogens (tertiary/aromatic N) is 1. The third kappa shape index (κ3) is 3.01. The van der Waals surface area contributed by atoms with Gasteiger partial charge in [0.2, 0.25) is 17.4 Å². The zero-order valence-electron chi connectivity index (χ0n) is 10.5. The molecule has 1 aliphatic heterocycles. The largest absolute Gasteiger partial charge is 0.487 e. The minimum absolute atomic E-state index is 0.00384. The molecule has 110 valence electrons. The van der Waals surface area contributed by atoms with Crippen LogP contribution in [0.15, 0.2) is 6.07 Å². The first kappa shape index (κ1) is 14.6. The zero-order chi connectivity index (χ0) is 14.7. The van der Waals surface area contributed by atoms with Crippen molar-refractivity contribution in [3.63, 3.8) is 0 Å². The molecule has 8 heteroatoms. The summed E-state index contributed by atoms with van der Waals surface area (Å²) in [5, 5.41) is 13.7. The average Bonchev–Trinajstić information content (AvgIpc) is 2.43. The van der Waals surface area contributed by atoms with Gasteiger partial charge < -0.3 is 10.1 Å². The Morgan fingerprint density at radius 1 is 1.30 bits per heavy atom. The molecule has 0 aromatic heterocycles. The molecular weight excluding hydrogens is 277 g/mol. The van der Waals surface area contributed by atoms with Crippen molar-refractivity contribution in [2.24, 2.45) is 5.92 Å². The van der Waals surface area contributed by atoms with Crippen LogP contribution in [0.4, 0.5) is 18.9 Å². The van der Waals surface area contributed by atoms with Gasteiger partial charge in [0.15, 0.2) is 5.82 Å². The van der Waals surface area contributed by atoms with Crippen LogP contribution in [0.25, 0.3) is 0 Å². The highest BCUT2D eigenvalue weighted by molar-refractivity contribution is 5.42. The number of hydrogen-bond donors (Lipinski definition) is 1. The number of rotatable bonds is 4. The SMILES string of the molecule is O=[N+]([O-])c1cc(F)c(F)c(OCC2CCNCC2)c1F. The van der Waals surface area contributed by atoms with E-state index in [1.54, 1.807) is 0 Å². The molecule has 0 radical (unpaired) electrons. The lowest BCUT2D eigenvalue weighted by Crippen LogP contribution is -2.30. The summed E-state index contributed by atoms with van der Waals surface area (Å²) < 4.78 is 45.4. The molecule has 0 unspecified atom stereocenters. The van der Waals surface area contributed by atoms with Crippen LogP contribution >= 0.6 is 0 Å². The molecule has 1 heterocycles. The molecule has 1 aromatic rings. The zero-order valence-corrected chi connectivity index (χ0v) is 10.5. The van der Waals surface area contributed by atoms with Gasteiger partial charge in [0.05, 0.1) is 17.6 Å². The maximum atomic E-state index is 13.7. The minimum Gasteiger partial charge on any atom is -0.487 e. The molecule has 2 rings (SSSR count). The molecule has 5 nitrogen and oxygen atoms in total. The van der Waals surface area contributed by atoms with Gasteiger partial charge in [-0.3, -0.25) is 10.1 Å². The summed E-state index contributed by atoms with van der Waals surface area (Å²) in [6.45, 7) is 1.53. The Labute approximate surface area is 112 Å². The standard InChI is InChI=1S/C12H13F3N2O3/c13-8-5-9(17(18)19)11(15)12(10(8)14)20-6-7-1-3-16-4-2-7/h5,7,16H,1-4,6H2. The highest BCUT2D eigenvalue weighted by Gasteiger charge is 2.27. The summed E-state index contributed by atoms with van der Waals surface area (Å²) in [7, 11) is 0. The number of nitro groups is 1. The lowest BCUT2D eigenvalue weighted by atomic mass is 9.99. The highest BCUT2D eigenvalue weighted by atomic mass is 19.2. The maximum absolute atomic E-state index is 13.7. The topological polar surface area (TPSA) is 64.4 Å². The average molecular weight is 290 g/mol. The summed E-state index contributed by atoms with van der Waals surface area (Å²) in [5.41, 5.74) is -1.13. The van der Waals surface area contributed by atoms with Crippen LogP contribution in [0.5, 0.6) is 5.75 Å². The van der Waals surface area contributed by atoms with Gasteiger partial charge in [-0.1, -0.05) is 0 Å². The Morgan fingerprint density at radius 2 is 1.95 bits per heavy atom. The van der Waals surface area contributed by atoms with Gasteiger partial charge in [0.1, 0.15) is 0 Å². The molecule has 1 N–H and O–H groups in total. The monoisotopic (exact) mass is 290 g/mol. The van der Waals surface area contributed by atoms with Crippen molar-refractivity contribution >= 4 is 5.69 Å². The second-order valence-electron chi connectivity index (χ2n) is 4.60. The summed E-state index contributed by atoms with van der Waals surface area (Å²) in [6, 6.07) is 0.210. The molecule has 1 saturated heterocycles. The normalized spacial score (nSPS) is 16.1. The van der Waals surface area contributed by atoms with Crippen LogP contribution in [0, 0.1) is 33.5 Å². The van der Waals surface area contributed by atoms with Crippen molar-refractivity contribution in [2.75, 3.05) is 19.7 Å². The first-order valence-electron chi connectivity index (χ1n) is 6.16. The summed E-state index contributed by atoms with van der Waals surface area (Å²) >= 11 is 0. The van der Waals surface area contributed by atoms with Crippen molar-refractivity contribution in [3.8, 4) is 5.75 Å². The van der Waals surface area contributed by atoms with E-state index in [2.05, 4.69) is 5.32 Å². The third-order valence-corrected chi connectivity index (χ3v) is 3.22. The van der Waals surface area contributed by atoms with E-state index in [1.165, 1.54) is 0 Å².